The predicted molar refractivity (Wildman–Crippen MR) is 137 cm³/mol. The largest absolute Gasteiger partial charge is 0.349 e. The zero-order valence-electron chi connectivity index (χ0n) is 18.5. The number of para-hydroxylation sites is 1. The van der Waals surface area contributed by atoms with Crippen molar-refractivity contribution < 1.29 is 18.0 Å². The molecule has 0 aliphatic carbocycles. The van der Waals surface area contributed by atoms with Gasteiger partial charge in [-0.25, -0.2) is 8.42 Å². The van der Waals surface area contributed by atoms with E-state index in [4.69, 9.17) is 0 Å². The van der Waals surface area contributed by atoms with Crippen LogP contribution in [0.15, 0.2) is 94.8 Å². The fraction of sp³-hybridized carbons (Fsp3) is 0.120. The van der Waals surface area contributed by atoms with Gasteiger partial charge >= 0.3 is 0 Å². The number of aryl methyl sites for hydroxylation is 1. The summed E-state index contributed by atoms with van der Waals surface area (Å²) in [7, 11) is -4.05. The van der Waals surface area contributed by atoms with Gasteiger partial charge in [0.2, 0.25) is 5.91 Å². The van der Waals surface area contributed by atoms with Gasteiger partial charge in [0.25, 0.3) is 15.9 Å². The van der Waals surface area contributed by atoms with E-state index in [1.807, 2.05) is 6.92 Å². The molecule has 0 aliphatic rings. The van der Waals surface area contributed by atoms with Crippen LogP contribution in [0.3, 0.4) is 0 Å². The molecule has 0 radical (unpaired) electrons. The van der Waals surface area contributed by atoms with Gasteiger partial charge in [-0.05, 0) is 49.4 Å². The van der Waals surface area contributed by atoms with E-state index in [9.17, 15) is 18.0 Å². The molecule has 3 aromatic rings. The Kier molecular flexibility index (Phi) is 8.25. The number of amides is 2. The summed E-state index contributed by atoms with van der Waals surface area (Å²) in [5.41, 5.74) is 1.77. The molecule has 0 saturated carbocycles. The van der Waals surface area contributed by atoms with Gasteiger partial charge in [-0.15, -0.1) is 6.58 Å². The Morgan fingerprint density at radius 2 is 1.74 bits per heavy atom. The second-order valence-corrected chi connectivity index (χ2v) is 10.2. The van der Waals surface area contributed by atoms with Crippen LogP contribution in [-0.2, 0) is 14.8 Å². The van der Waals surface area contributed by atoms with Crippen molar-refractivity contribution in [1.82, 2.24) is 5.32 Å². The third-order valence-electron chi connectivity index (χ3n) is 4.85. The number of carbonyl (C=O) groups is 2. The molecule has 0 unspecified atom stereocenters. The molecule has 3 rings (SSSR count). The Bertz CT molecular complexity index is 1310. The van der Waals surface area contributed by atoms with Crippen LogP contribution in [0.2, 0.25) is 0 Å². The molecule has 0 atom stereocenters. The second kappa shape index (κ2) is 11.1. The Hall–Kier alpha value is -3.43. The molecule has 0 spiro atoms. The van der Waals surface area contributed by atoms with Crippen LogP contribution in [0.25, 0.3) is 0 Å². The highest BCUT2D eigenvalue weighted by molar-refractivity contribution is 9.10. The molecule has 0 fully saturated rings. The van der Waals surface area contributed by atoms with Gasteiger partial charge in [0.15, 0.2) is 0 Å². The van der Waals surface area contributed by atoms with E-state index in [2.05, 4.69) is 33.1 Å². The summed E-state index contributed by atoms with van der Waals surface area (Å²) in [6, 6.07) is 19.6. The molecular formula is C25H24BrN3O4S. The zero-order chi connectivity index (χ0) is 24.7. The van der Waals surface area contributed by atoms with Gasteiger partial charge < -0.3 is 10.6 Å². The number of rotatable bonds is 9. The second-order valence-electron chi connectivity index (χ2n) is 7.40. The minimum atomic E-state index is -4.05. The molecule has 9 heteroatoms. The van der Waals surface area contributed by atoms with E-state index in [0.29, 0.717) is 10.2 Å². The van der Waals surface area contributed by atoms with Gasteiger partial charge in [0.1, 0.15) is 6.54 Å². The SMILES string of the molecule is C=CCNC(=O)c1ccccc1NC(=O)CN(c1cccc(Br)c1)S(=O)(=O)c1ccc(C)cc1. The van der Waals surface area contributed by atoms with Gasteiger partial charge in [-0.2, -0.15) is 0 Å². The molecule has 0 aliphatic heterocycles. The van der Waals surface area contributed by atoms with Crippen molar-refractivity contribution in [2.75, 3.05) is 22.7 Å². The highest BCUT2D eigenvalue weighted by Crippen LogP contribution is 2.27. The average molecular weight is 542 g/mol. The summed E-state index contributed by atoms with van der Waals surface area (Å²) < 4.78 is 28.7. The first-order chi connectivity index (χ1) is 16.2. The number of carbonyl (C=O) groups excluding carboxylic acids is 2. The van der Waals surface area contributed by atoms with Crippen LogP contribution in [-0.4, -0.2) is 33.3 Å². The molecule has 2 amide bonds. The first-order valence-electron chi connectivity index (χ1n) is 10.4. The van der Waals surface area contributed by atoms with E-state index < -0.39 is 22.5 Å². The summed E-state index contributed by atoms with van der Waals surface area (Å²) in [6.45, 7) is 5.21. The zero-order valence-corrected chi connectivity index (χ0v) is 20.9. The first-order valence-corrected chi connectivity index (χ1v) is 12.6. The maximum atomic E-state index is 13.5. The molecule has 0 bridgehead atoms. The number of nitrogens with one attached hydrogen (secondary N) is 2. The summed E-state index contributed by atoms with van der Waals surface area (Å²) >= 11 is 3.36. The van der Waals surface area contributed by atoms with Gasteiger partial charge in [0, 0.05) is 11.0 Å². The Morgan fingerprint density at radius 1 is 1.03 bits per heavy atom. The van der Waals surface area contributed by atoms with E-state index >= 15 is 0 Å². The minimum absolute atomic E-state index is 0.0649. The standard InChI is InChI=1S/C25H24BrN3O4S/c1-3-15-27-25(31)22-9-4-5-10-23(22)28-24(30)17-29(20-8-6-7-19(26)16-20)34(32,33)21-13-11-18(2)12-14-21/h3-14,16H,1,15,17H2,2H3,(H,27,31)(H,28,30). The quantitative estimate of drug-likeness (QED) is 0.389. The third kappa shape index (κ3) is 6.12. The summed E-state index contributed by atoms with van der Waals surface area (Å²) in [5.74, 6) is -0.980. The maximum absolute atomic E-state index is 13.5. The summed E-state index contributed by atoms with van der Waals surface area (Å²) in [5, 5.41) is 5.34. The monoisotopic (exact) mass is 541 g/mol. The van der Waals surface area contributed by atoms with Crippen molar-refractivity contribution in [2.24, 2.45) is 0 Å². The predicted octanol–water partition coefficient (Wildman–Crippen LogP) is 4.51. The van der Waals surface area contributed by atoms with Crippen molar-refractivity contribution in [3.63, 3.8) is 0 Å². The number of halogens is 1. The van der Waals surface area contributed by atoms with E-state index in [1.54, 1.807) is 66.7 Å². The molecule has 176 valence electrons. The summed E-state index contributed by atoms with van der Waals surface area (Å²) in [4.78, 5) is 25.5. The number of benzene rings is 3. The molecule has 0 aromatic heterocycles. The van der Waals surface area contributed by atoms with Crippen molar-refractivity contribution in [2.45, 2.75) is 11.8 Å². The van der Waals surface area contributed by atoms with Crippen molar-refractivity contribution in [3.8, 4) is 0 Å². The molecule has 7 nitrogen and oxygen atoms in total. The maximum Gasteiger partial charge on any atom is 0.264 e. The lowest BCUT2D eigenvalue weighted by Gasteiger charge is -2.24. The highest BCUT2D eigenvalue weighted by atomic mass is 79.9. The molecule has 34 heavy (non-hydrogen) atoms. The van der Waals surface area contributed by atoms with Crippen LogP contribution in [0.1, 0.15) is 15.9 Å². The number of hydrogen-bond donors (Lipinski definition) is 2. The number of anilines is 2. The molecule has 2 N–H and O–H groups in total. The van der Waals surface area contributed by atoms with Crippen LogP contribution in [0, 0.1) is 6.92 Å². The van der Waals surface area contributed by atoms with Crippen LogP contribution in [0.5, 0.6) is 0 Å². The van der Waals surface area contributed by atoms with Crippen LogP contribution >= 0.6 is 15.9 Å². The first kappa shape index (κ1) is 25.2. The molecule has 0 saturated heterocycles. The Morgan fingerprint density at radius 3 is 2.41 bits per heavy atom. The van der Waals surface area contributed by atoms with Gasteiger partial charge in [0.05, 0.1) is 21.8 Å². The molecule has 0 heterocycles. The molecule has 3 aromatic carbocycles. The van der Waals surface area contributed by atoms with E-state index in [0.717, 1.165) is 9.87 Å². The highest BCUT2D eigenvalue weighted by Gasteiger charge is 2.28. The topological polar surface area (TPSA) is 95.6 Å². The fourth-order valence-electron chi connectivity index (χ4n) is 3.15. The Labute approximate surface area is 207 Å². The number of hydrogen-bond acceptors (Lipinski definition) is 4. The van der Waals surface area contributed by atoms with Crippen molar-refractivity contribution in [3.05, 3.63) is 101 Å². The van der Waals surface area contributed by atoms with Crippen molar-refractivity contribution in [1.29, 1.82) is 0 Å². The Balaban J connectivity index is 1.92. The fourth-order valence-corrected chi connectivity index (χ4v) is 4.95. The van der Waals surface area contributed by atoms with Crippen molar-refractivity contribution >= 4 is 49.1 Å². The minimum Gasteiger partial charge on any atom is -0.349 e. The lowest BCUT2D eigenvalue weighted by atomic mass is 10.1. The lowest BCUT2D eigenvalue weighted by molar-refractivity contribution is -0.114. The number of sulfonamides is 1. The lowest BCUT2D eigenvalue weighted by Crippen LogP contribution is -2.38. The summed E-state index contributed by atoms with van der Waals surface area (Å²) in [6.07, 6.45) is 1.55. The van der Waals surface area contributed by atoms with Gasteiger partial charge in [-0.3, -0.25) is 13.9 Å². The van der Waals surface area contributed by atoms with Gasteiger partial charge in [-0.1, -0.05) is 57.9 Å². The third-order valence-corrected chi connectivity index (χ3v) is 7.13. The van der Waals surface area contributed by atoms with E-state index in [1.165, 1.54) is 12.1 Å². The van der Waals surface area contributed by atoms with Crippen LogP contribution in [0.4, 0.5) is 11.4 Å². The normalized spacial score (nSPS) is 10.9. The number of nitrogens with zero attached hydrogens (tertiary/aromatic N) is 1. The van der Waals surface area contributed by atoms with Crippen LogP contribution < -0.4 is 14.9 Å². The van der Waals surface area contributed by atoms with E-state index in [-0.39, 0.29) is 28.6 Å². The smallest absolute Gasteiger partial charge is 0.264 e. The average Bonchev–Trinajstić information content (AvgIpc) is 2.81. The molecular weight excluding hydrogens is 518 g/mol.